The fraction of sp³-hybridized carbons (Fsp3) is 0.375. The van der Waals surface area contributed by atoms with Gasteiger partial charge in [0, 0.05) is 19.5 Å². The summed E-state index contributed by atoms with van der Waals surface area (Å²) >= 11 is 0. The van der Waals surface area contributed by atoms with Crippen molar-refractivity contribution in [3.63, 3.8) is 0 Å². The summed E-state index contributed by atoms with van der Waals surface area (Å²) in [7, 11) is 3.35. The summed E-state index contributed by atoms with van der Waals surface area (Å²) in [4.78, 5) is 18.0. The normalized spacial score (nSPS) is 14.9. The first-order chi connectivity index (χ1) is 10.3. The van der Waals surface area contributed by atoms with Crippen molar-refractivity contribution >= 4 is 28.2 Å². The van der Waals surface area contributed by atoms with E-state index >= 15 is 0 Å². The Morgan fingerprint density at radius 3 is 2.77 bits per heavy atom. The molecule has 0 fully saturated rings. The van der Waals surface area contributed by atoms with Gasteiger partial charge < -0.3 is 20.1 Å². The first-order valence-corrected chi connectivity index (χ1v) is 7.03. The van der Waals surface area contributed by atoms with Gasteiger partial charge in [-0.1, -0.05) is 0 Å². The lowest BCUT2D eigenvalue weighted by atomic mass is 10.0. The van der Waals surface area contributed by atoms with Crippen molar-refractivity contribution in [3.8, 4) is 5.75 Å². The average molecular weight is 301 g/mol. The number of fused-ring (bicyclic) bond motifs is 2. The van der Waals surface area contributed by atoms with Gasteiger partial charge in [0.05, 0.1) is 22.6 Å². The number of likely N-dealkylation sites (N-methyl/N-ethyl adjacent to an activating group) is 1. The molecule has 1 amide bonds. The van der Waals surface area contributed by atoms with E-state index in [1.165, 1.54) is 0 Å². The summed E-state index contributed by atoms with van der Waals surface area (Å²) in [6.45, 7) is 3.87. The summed E-state index contributed by atoms with van der Waals surface area (Å²) in [5.74, 6) is 0.578. The van der Waals surface area contributed by atoms with Crippen molar-refractivity contribution in [2.75, 3.05) is 31.4 Å². The van der Waals surface area contributed by atoms with Crippen molar-refractivity contribution < 1.29 is 14.3 Å². The summed E-state index contributed by atoms with van der Waals surface area (Å²) in [5, 5.41) is 0.870. The summed E-state index contributed by atoms with van der Waals surface area (Å²) in [6.07, 6.45) is 0. The number of aromatic nitrogens is 1. The Morgan fingerprint density at radius 2 is 2.09 bits per heavy atom. The Morgan fingerprint density at radius 1 is 1.36 bits per heavy atom. The standard InChI is InChI=1S/C16H19N3O3/c1-16(2,21-4)15-10(17)5-9-6-13-12(7-11(9)18-15)19(3)14(20)8-22-13/h5-7H,8,17H2,1-4H3. The van der Waals surface area contributed by atoms with Gasteiger partial charge >= 0.3 is 0 Å². The van der Waals surface area contributed by atoms with Gasteiger partial charge in [-0.2, -0.15) is 0 Å². The van der Waals surface area contributed by atoms with Crippen molar-refractivity contribution in [2.45, 2.75) is 19.4 Å². The van der Waals surface area contributed by atoms with Crippen LogP contribution in [0, 0.1) is 0 Å². The third-order valence-electron chi connectivity index (χ3n) is 4.09. The Balaban J connectivity index is 2.22. The van der Waals surface area contributed by atoms with E-state index in [1.54, 1.807) is 19.1 Å². The molecule has 6 nitrogen and oxygen atoms in total. The number of ether oxygens (including phenoxy) is 2. The van der Waals surface area contributed by atoms with Crippen LogP contribution in [0.4, 0.5) is 11.4 Å². The number of rotatable bonds is 2. The number of methoxy groups -OCH3 is 1. The van der Waals surface area contributed by atoms with Gasteiger partial charge in [-0.05, 0) is 32.0 Å². The second-order valence-electron chi connectivity index (χ2n) is 5.89. The number of benzene rings is 1. The number of hydrogen-bond acceptors (Lipinski definition) is 5. The van der Waals surface area contributed by atoms with Gasteiger partial charge in [-0.3, -0.25) is 4.79 Å². The van der Waals surface area contributed by atoms with Gasteiger partial charge in [-0.15, -0.1) is 0 Å². The molecule has 3 rings (SSSR count). The van der Waals surface area contributed by atoms with E-state index in [1.807, 2.05) is 32.0 Å². The molecular weight excluding hydrogens is 282 g/mol. The van der Waals surface area contributed by atoms with Gasteiger partial charge in [0.25, 0.3) is 5.91 Å². The minimum atomic E-state index is -0.591. The lowest BCUT2D eigenvalue weighted by molar-refractivity contribution is -0.120. The van der Waals surface area contributed by atoms with Crippen molar-refractivity contribution in [3.05, 3.63) is 23.9 Å². The molecule has 22 heavy (non-hydrogen) atoms. The van der Waals surface area contributed by atoms with Gasteiger partial charge in [0.15, 0.2) is 6.61 Å². The second kappa shape index (κ2) is 4.84. The van der Waals surface area contributed by atoms with Crippen molar-refractivity contribution in [2.24, 2.45) is 0 Å². The maximum Gasteiger partial charge on any atom is 0.264 e. The molecule has 0 saturated carbocycles. The maximum atomic E-state index is 11.8. The summed E-state index contributed by atoms with van der Waals surface area (Å²) in [5.41, 5.74) is 8.24. The lowest BCUT2D eigenvalue weighted by Crippen LogP contribution is -2.35. The quantitative estimate of drug-likeness (QED) is 0.918. The van der Waals surface area contributed by atoms with Crippen molar-refractivity contribution in [1.29, 1.82) is 0 Å². The predicted molar refractivity (Wildman–Crippen MR) is 85.1 cm³/mol. The molecule has 116 valence electrons. The third-order valence-corrected chi connectivity index (χ3v) is 4.09. The molecule has 0 bridgehead atoms. The largest absolute Gasteiger partial charge is 0.482 e. The van der Waals surface area contributed by atoms with E-state index in [2.05, 4.69) is 4.98 Å². The Kier molecular flexibility index (Phi) is 3.21. The zero-order valence-corrected chi connectivity index (χ0v) is 13.1. The molecule has 1 aliphatic heterocycles. The Bertz CT molecular complexity index is 771. The fourth-order valence-corrected chi connectivity index (χ4v) is 2.53. The van der Waals surface area contributed by atoms with Gasteiger partial charge in [0.2, 0.25) is 0 Å². The highest BCUT2D eigenvalue weighted by molar-refractivity contribution is 6.00. The van der Waals surface area contributed by atoms with Crippen LogP contribution in [-0.2, 0) is 15.1 Å². The number of pyridine rings is 1. The summed E-state index contributed by atoms with van der Waals surface area (Å²) in [6, 6.07) is 5.56. The molecular formula is C16H19N3O3. The zero-order chi connectivity index (χ0) is 16.1. The molecule has 2 N–H and O–H groups in total. The van der Waals surface area contributed by atoms with Crippen LogP contribution in [0.5, 0.6) is 5.75 Å². The maximum absolute atomic E-state index is 11.8. The van der Waals surface area contributed by atoms with Crippen molar-refractivity contribution in [1.82, 2.24) is 4.98 Å². The van der Waals surface area contributed by atoms with Crippen LogP contribution in [0.25, 0.3) is 10.9 Å². The molecule has 0 atom stereocenters. The smallest absolute Gasteiger partial charge is 0.264 e. The topological polar surface area (TPSA) is 77.7 Å². The number of amides is 1. The molecule has 6 heteroatoms. The van der Waals surface area contributed by atoms with Crippen LogP contribution >= 0.6 is 0 Å². The first kappa shape index (κ1) is 14.6. The molecule has 0 aliphatic carbocycles. The highest BCUT2D eigenvalue weighted by atomic mass is 16.5. The Hall–Kier alpha value is -2.34. The number of carbonyl (C=O) groups is 1. The molecule has 0 radical (unpaired) electrons. The van der Waals surface area contributed by atoms with Gasteiger partial charge in [0.1, 0.15) is 11.4 Å². The fourth-order valence-electron chi connectivity index (χ4n) is 2.53. The summed E-state index contributed by atoms with van der Waals surface area (Å²) < 4.78 is 11.0. The lowest BCUT2D eigenvalue weighted by Gasteiger charge is -2.27. The molecule has 0 unspecified atom stereocenters. The minimum absolute atomic E-state index is 0.0483. The number of anilines is 2. The third kappa shape index (κ3) is 2.16. The predicted octanol–water partition coefficient (Wildman–Crippen LogP) is 2.05. The highest BCUT2D eigenvalue weighted by Gasteiger charge is 2.27. The molecule has 1 aliphatic rings. The van der Waals surface area contributed by atoms with Crippen LogP contribution in [0.1, 0.15) is 19.5 Å². The van der Waals surface area contributed by atoms with Crippen LogP contribution in [0.2, 0.25) is 0 Å². The van der Waals surface area contributed by atoms with Crippen LogP contribution in [0.3, 0.4) is 0 Å². The average Bonchev–Trinajstić information content (AvgIpc) is 2.49. The molecule has 1 aromatic carbocycles. The van der Waals surface area contributed by atoms with Crippen LogP contribution in [-0.4, -0.2) is 31.7 Å². The molecule has 0 spiro atoms. The van der Waals surface area contributed by atoms with Gasteiger partial charge in [-0.25, -0.2) is 4.98 Å². The Labute approximate surface area is 128 Å². The van der Waals surface area contributed by atoms with E-state index in [9.17, 15) is 4.79 Å². The van der Waals surface area contributed by atoms with E-state index in [4.69, 9.17) is 15.2 Å². The van der Waals surface area contributed by atoms with E-state index < -0.39 is 5.60 Å². The van der Waals surface area contributed by atoms with Crippen LogP contribution in [0.15, 0.2) is 18.2 Å². The second-order valence-corrected chi connectivity index (χ2v) is 5.89. The highest BCUT2D eigenvalue weighted by Crippen LogP contribution is 2.37. The van der Waals surface area contributed by atoms with E-state index in [0.717, 1.165) is 10.9 Å². The molecule has 0 saturated heterocycles. The number of carbonyl (C=O) groups excluding carboxylic acids is 1. The van der Waals surface area contributed by atoms with E-state index in [0.29, 0.717) is 22.8 Å². The molecule has 1 aromatic heterocycles. The first-order valence-electron chi connectivity index (χ1n) is 7.03. The monoisotopic (exact) mass is 301 g/mol. The number of nitrogens with zero attached hydrogens (tertiary/aromatic N) is 2. The zero-order valence-electron chi connectivity index (χ0n) is 13.1. The number of nitrogens with two attached hydrogens (primary N) is 1. The minimum Gasteiger partial charge on any atom is -0.482 e. The number of nitrogen functional groups attached to an aromatic ring is 1. The van der Waals surface area contributed by atoms with E-state index in [-0.39, 0.29) is 12.5 Å². The van der Waals surface area contributed by atoms with Crippen LogP contribution < -0.4 is 15.4 Å². The molecule has 2 aromatic rings. The molecule has 2 heterocycles. The SMILES string of the molecule is COC(C)(C)c1nc2cc3c(cc2cc1N)OCC(=O)N3C. The number of hydrogen-bond donors (Lipinski definition) is 1.